The van der Waals surface area contributed by atoms with Gasteiger partial charge in [0.1, 0.15) is 0 Å². The molecule has 0 aromatic heterocycles. The van der Waals surface area contributed by atoms with Crippen molar-refractivity contribution in [3.05, 3.63) is 57.5 Å². The molecule has 2 aliphatic heterocycles. The van der Waals surface area contributed by atoms with Crippen molar-refractivity contribution in [3.63, 3.8) is 0 Å². The first-order chi connectivity index (χ1) is 13.4. The maximum atomic E-state index is 13.0. The van der Waals surface area contributed by atoms with Crippen molar-refractivity contribution in [2.75, 3.05) is 36.0 Å². The molecule has 0 spiro atoms. The summed E-state index contributed by atoms with van der Waals surface area (Å²) >= 11 is 18.1. The lowest BCUT2D eigenvalue weighted by Gasteiger charge is -2.38. The Kier molecular flexibility index (Phi) is 5.52. The molecule has 0 N–H and O–H groups in total. The molecule has 28 heavy (non-hydrogen) atoms. The molecule has 146 valence electrons. The van der Waals surface area contributed by atoms with Crippen LogP contribution in [0.2, 0.25) is 15.1 Å². The van der Waals surface area contributed by atoms with E-state index in [4.69, 9.17) is 34.8 Å². The average Bonchev–Trinajstić information content (AvgIpc) is 2.98. The number of nitrogens with zero attached hydrogens (tertiary/aromatic N) is 3. The van der Waals surface area contributed by atoms with Gasteiger partial charge in [0.15, 0.2) is 0 Å². The summed E-state index contributed by atoms with van der Waals surface area (Å²) < 4.78 is 0. The highest BCUT2D eigenvalue weighted by Crippen LogP contribution is 2.32. The normalized spacial score (nSPS) is 20.9. The van der Waals surface area contributed by atoms with Crippen LogP contribution in [0.25, 0.3) is 0 Å². The number of imide groups is 1. The zero-order chi connectivity index (χ0) is 19.8. The van der Waals surface area contributed by atoms with Gasteiger partial charge in [-0.3, -0.25) is 14.5 Å². The van der Waals surface area contributed by atoms with Gasteiger partial charge in [0.05, 0.1) is 28.2 Å². The number of carbonyl (C=O) groups is 2. The van der Waals surface area contributed by atoms with Crippen molar-refractivity contribution >= 4 is 58.0 Å². The first-order valence-electron chi connectivity index (χ1n) is 9.00. The van der Waals surface area contributed by atoms with Gasteiger partial charge in [0.25, 0.3) is 5.91 Å². The largest absolute Gasteiger partial charge is 0.369 e. The molecule has 2 fully saturated rings. The molecule has 5 nitrogen and oxygen atoms in total. The van der Waals surface area contributed by atoms with E-state index in [1.807, 2.05) is 24.3 Å². The van der Waals surface area contributed by atoms with E-state index < -0.39 is 6.04 Å². The van der Waals surface area contributed by atoms with E-state index in [0.717, 1.165) is 18.8 Å². The summed E-state index contributed by atoms with van der Waals surface area (Å²) in [6.07, 6.45) is 0.177. The van der Waals surface area contributed by atoms with Gasteiger partial charge in [-0.25, -0.2) is 4.90 Å². The molecule has 2 saturated heterocycles. The van der Waals surface area contributed by atoms with Crippen molar-refractivity contribution in [1.82, 2.24) is 4.90 Å². The van der Waals surface area contributed by atoms with E-state index >= 15 is 0 Å². The minimum atomic E-state index is -0.441. The SMILES string of the molecule is O=C1C[C@@H](N2CCN(c3cccc(Cl)c3)CC2)C(=O)N1c1ccc(Cl)c(Cl)c1. The molecule has 2 aliphatic rings. The zero-order valence-electron chi connectivity index (χ0n) is 14.9. The molecule has 1 atom stereocenters. The van der Waals surface area contributed by atoms with Crippen molar-refractivity contribution in [2.24, 2.45) is 0 Å². The summed E-state index contributed by atoms with van der Waals surface area (Å²) in [5, 5.41) is 1.41. The van der Waals surface area contributed by atoms with Crippen LogP contribution in [0.1, 0.15) is 6.42 Å². The molecule has 0 saturated carbocycles. The van der Waals surface area contributed by atoms with Crippen molar-refractivity contribution in [3.8, 4) is 0 Å². The van der Waals surface area contributed by atoms with Gasteiger partial charge in [-0.05, 0) is 36.4 Å². The summed E-state index contributed by atoms with van der Waals surface area (Å²) in [5.41, 5.74) is 1.53. The number of hydrogen-bond donors (Lipinski definition) is 0. The van der Waals surface area contributed by atoms with Crippen LogP contribution in [0.4, 0.5) is 11.4 Å². The minimum Gasteiger partial charge on any atom is -0.369 e. The number of hydrogen-bond acceptors (Lipinski definition) is 4. The molecule has 0 bridgehead atoms. The maximum absolute atomic E-state index is 13.0. The lowest BCUT2D eigenvalue weighted by atomic mass is 10.1. The number of piperazine rings is 1. The van der Waals surface area contributed by atoms with E-state index in [-0.39, 0.29) is 18.2 Å². The highest BCUT2D eigenvalue weighted by molar-refractivity contribution is 6.42. The van der Waals surface area contributed by atoms with E-state index in [1.165, 1.54) is 4.90 Å². The Morgan fingerprint density at radius 2 is 1.57 bits per heavy atom. The fourth-order valence-electron chi connectivity index (χ4n) is 3.76. The van der Waals surface area contributed by atoms with Crippen molar-refractivity contribution in [2.45, 2.75) is 12.5 Å². The molecular weight excluding hydrogens is 421 g/mol. The lowest BCUT2D eigenvalue weighted by molar-refractivity contribution is -0.123. The topological polar surface area (TPSA) is 43.9 Å². The van der Waals surface area contributed by atoms with Crippen LogP contribution in [0.5, 0.6) is 0 Å². The molecule has 2 aromatic carbocycles. The highest BCUT2D eigenvalue weighted by Gasteiger charge is 2.43. The summed E-state index contributed by atoms with van der Waals surface area (Å²) in [6, 6.07) is 12.1. The number of carbonyl (C=O) groups excluding carboxylic acids is 2. The van der Waals surface area contributed by atoms with E-state index in [2.05, 4.69) is 9.80 Å². The molecular formula is C20H18Cl3N3O2. The van der Waals surface area contributed by atoms with E-state index in [9.17, 15) is 9.59 Å². The maximum Gasteiger partial charge on any atom is 0.251 e. The fraction of sp³-hybridized carbons (Fsp3) is 0.300. The van der Waals surface area contributed by atoms with Crippen LogP contribution in [-0.4, -0.2) is 48.9 Å². The van der Waals surface area contributed by atoms with Crippen LogP contribution in [-0.2, 0) is 9.59 Å². The average molecular weight is 439 g/mol. The molecule has 0 unspecified atom stereocenters. The number of benzene rings is 2. The predicted molar refractivity (Wildman–Crippen MR) is 113 cm³/mol. The van der Waals surface area contributed by atoms with Crippen LogP contribution in [0, 0.1) is 0 Å². The number of rotatable bonds is 3. The Balaban J connectivity index is 1.45. The zero-order valence-corrected chi connectivity index (χ0v) is 17.2. The summed E-state index contributed by atoms with van der Waals surface area (Å²) in [4.78, 5) is 31.0. The first-order valence-corrected chi connectivity index (χ1v) is 10.1. The molecule has 2 heterocycles. The van der Waals surface area contributed by atoms with Gasteiger partial charge in [-0.1, -0.05) is 40.9 Å². The molecule has 8 heteroatoms. The number of anilines is 2. The summed E-state index contributed by atoms with van der Waals surface area (Å²) in [6.45, 7) is 2.94. The second kappa shape index (κ2) is 7.91. The van der Waals surface area contributed by atoms with Gasteiger partial charge >= 0.3 is 0 Å². The second-order valence-corrected chi connectivity index (χ2v) is 8.14. The van der Waals surface area contributed by atoms with Crippen molar-refractivity contribution in [1.29, 1.82) is 0 Å². The third kappa shape index (κ3) is 3.72. The predicted octanol–water partition coefficient (Wildman–Crippen LogP) is 4.10. The highest BCUT2D eigenvalue weighted by atomic mass is 35.5. The van der Waals surface area contributed by atoms with Crippen molar-refractivity contribution < 1.29 is 9.59 Å². The van der Waals surface area contributed by atoms with Gasteiger partial charge in [-0.15, -0.1) is 0 Å². The number of amides is 2. The standard InChI is InChI=1S/C20H18Cl3N3O2/c21-13-2-1-3-14(10-13)24-6-8-25(9-7-24)18-12-19(27)26(20(18)28)15-4-5-16(22)17(23)11-15/h1-5,10-11,18H,6-9,12H2/t18-/m1/s1. The molecule has 2 amide bonds. The number of halogens is 3. The van der Waals surface area contributed by atoms with Gasteiger partial charge in [0.2, 0.25) is 5.91 Å². The Bertz CT molecular complexity index is 929. The Morgan fingerprint density at radius 3 is 2.25 bits per heavy atom. The Morgan fingerprint density at radius 1 is 0.821 bits per heavy atom. The summed E-state index contributed by atoms with van der Waals surface area (Å²) in [5.74, 6) is -0.426. The Hall–Kier alpha value is -1.79. The molecule has 0 radical (unpaired) electrons. The third-order valence-electron chi connectivity index (χ3n) is 5.21. The first kappa shape index (κ1) is 19.5. The van der Waals surface area contributed by atoms with Gasteiger partial charge in [-0.2, -0.15) is 0 Å². The minimum absolute atomic E-state index is 0.177. The van der Waals surface area contributed by atoms with Crippen LogP contribution >= 0.6 is 34.8 Å². The molecule has 4 rings (SSSR count). The molecule has 2 aromatic rings. The summed E-state index contributed by atoms with van der Waals surface area (Å²) in [7, 11) is 0. The second-order valence-electron chi connectivity index (χ2n) is 6.89. The lowest BCUT2D eigenvalue weighted by Crippen LogP contribution is -2.52. The fourth-order valence-corrected chi connectivity index (χ4v) is 4.24. The van der Waals surface area contributed by atoms with E-state index in [0.29, 0.717) is 33.8 Å². The van der Waals surface area contributed by atoms with Crippen LogP contribution in [0.15, 0.2) is 42.5 Å². The van der Waals surface area contributed by atoms with Gasteiger partial charge in [0, 0.05) is 36.9 Å². The van der Waals surface area contributed by atoms with E-state index in [1.54, 1.807) is 18.2 Å². The quantitative estimate of drug-likeness (QED) is 0.677. The van der Waals surface area contributed by atoms with Crippen LogP contribution in [0.3, 0.4) is 0 Å². The smallest absolute Gasteiger partial charge is 0.251 e. The van der Waals surface area contributed by atoms with Crippen LogP contribution < -0.4 is 9.80 Å². The Labute approximate surface area is 178 Å². The molecule has 0 aliphatic carbocycles. The monoisotopic (exact) mass is 437 g/mol. The third-order valence-corrected chi connectivity index (χ3v) is 6.19. The van der Waals surface area contributed by atoms with Gasteiger partial charge < -0.3 is 4.90 Å².